The first-order valence-electron chi connectivity index (χ1n) is 7.42. The summed E-state index contributed by atoms with van der Waals surface area (Å²) in [6, 6.07) is 10.2. The van der Waals surface area contributed by atoms with Crippen molar-refractivity contribution in [3.05, 3.63) is 47.8 Å². The lowest BCUT2D eigenvalue weighted by Crippen LogP contribution is -2.06. The van der Waals surface area contributed by atoms with Crippen LogP contribution in [-0.4, -0.2) is 14.9 Å². The molecule has 0 aliphatic rings. The monoisotopic (exact) mass is 298 g/mol. The predicted octanol–water partition coefficient (Wildman–Crippen LogP) is 4.51. The molecule has 2 aromatic carbocycles. The standard InChI is InChI=1S/C18H19FN2O/c1-11(2)10-21-18-15(5-4-6-16(18)19)17(20-21)14-8-7-13(22)9-12(14)3/h4-9,11,22H,10H2,1-3H3. The maximum atomic E-state index is 14.3. The van der Waals surface area contributed by atoms with E-state index in [0.29, 0.717) is 18.0 Å². The fraction of sp³-hybridized carbons (Fsp3) is 0.278. The van der Waals surface area contributed by atoms with Crippen molar-refractivity contribution in [1.29, 1.82) is 0 Å². The summed E-state index contributed by atoms with van der Waals surface area (Å²) < 4.78 is 16.0. The summed E-state index contributed by atoms with van der Waals surface area (Å²) in [4.78, 5) is 0. The molecule has 0 spiro atoms. The minimum atomic E-state index is -0.256. The lowest BCUT2D eigenvalue weighted by molar-refractivity contribution is 0.475. The van der Waals surface area contributed by atoms with Gasteiger partial charge < -0.3 is 5.11 Å². The molecule has 1 aromatic heterocycles. The predicted molar refractivity (Wildman–Crippen MR) is 86.4 cm³/mol. The van der Waals surface area contributed by atoms with Gasteiger partial charge in [-0.05, 0) is 42.7 Å². The van der Waals surface area contributed by atoms with Crippen molar-refractivity contribution in [3.63, 3.8) is 0 Å². The lowest BCUT2D eigenvalue weighted by Gasteiger charge is -2.06. The minimum Gasteiger partial charge on any atom is -0.508 e. The summed E-state index contributed by atoms with van der Waals surface area (Å²) in [5, 5.41) is 15.0. The quantitative estimate of drug-likeness (QED) is 0.772. The van der Waals surface area contributed by atoms with Gasteiger partial charge in [-0.1, -0.05) is 26.0 Å². The number of aromatic hydroxyl groups is 1. The van der Waals surface area contributed by atoms with E-state index in [2.05, 4.69) is 18.9 Å². The van der Waals surface area contributed by atoms with Gasteiger partial charge in [-0.3, -0.25) is 4.68 Å². The van der Waals surface area contributed by atoms with Crippen molar-refractivity contribution in [3.8, 4) is 17.0 Å². The van der Waals surface area contributed by atoms with E-state index in [1.807, 2.05) is 19.1 Å². The molecule has 0 atom stereocenters. The van der Waals surface area contributed by atoms with Gasteiger partial charge in [-0.2, -0.15) is 5.10 Å². The Morgan fingerprint density at radius 1 is 1.23 bits per heavy atom. The summed E-state index contributed by atoms with van der Waals surface area (Å²) in [6.07, 6.45) is 0. The largest absolute Gasteiger partial charge is 0.508 e. The molecule has 3 rings (SSSR count). The van der Waals surface area contributed by atoms with Crippen molar-refractivity contribution in [2.45, 2.75) is 27.3 Å². The molecule has 0 saturated carbocycles. The van der Waals surface area contributed by atoms with Gasteiger partial charge in [0.1, 0.15) is 22.8 Å². The number of hydrogen-bond donors (Lipinski definition) is 1. The van der Waals surface area contributed by atoms with Crippen molar-refractivity contribution in [2.24, 2.45) is 5.92 Å². The summed E-state index contributed by atoms with van der Waals surface area (Å²) in [6.45, 7) is 6.75. The smallest absolute Gasteiger partial charge is 0.149 e. The highest BCUT2D eigenvalue weighted by molar-refractivity contribution is 5.94. The molecular weight excluding hydrogens is 279 g/mol. The van der Waals surface area contributed by atoms with Crippen LogP contribution >= 0.6 is 0 Å². The summed E-state index contributed by atoms with van der Waals surface area (Å²) in [5.74, 6) is 0.336. The van der Waals surface area contributed by atoms with E-state index in [9.17, 15) is 9.50 Å². The topological polar surface area (TPSA) is 38.1 Å². The van der Waals surface area contributed by atoms with Crippen LogP contribution in [0.15, 0.2) is 36.4 Å². The molecule has 22 heavy (non-hydrogen) atoms. The first kappa shape index (κ1) is 14.6. The van der Waals surface area contributed by atoms with E-state index in [1.54, 1.807) is 22.9 Å². The Balaban J connectivity index is 2.28. The molecule has 0 unspecified atom stereocenters. The van der Waals surface area contributed by atoms with Gasteiger partial charge in [-0.15, -0.1) is 0 Å². The number of fused-ring (bicyclic) bond motifs is 1. The van der Waals surface area contributed by atoms with Crippen molar-refractivity contribution in [1.82, 2.24) is 9.78 Å². The van der Waals surface area contributed by atoms with Crippen LogP contribution in [0.3, 0.4) is 0 Å². The molecule has 0 fully saturated rings. The molecule has 1 N–H and O–H groups in total. The molecule has 0 bridgehead atoms. The number of rotatable bonds is 3. The molecule has 4 heteroatoms. The van der Waals surface area contributed by atoms with Gasteiger partial charge in [0.25, 0.3) is 0 Å². The molecule has 0 saturated heterocycles. The van der Waals surface area contributed by atoms with E-state index in [4.69, 9.17) is 0 Å². The maximum Gasteiger partial charge on any atom is 0.149 e. The molecular formula is C18H19FN2O. The molecule has 0 amide bonds. The van der Waals surface area contributed by atoms with Gasteiger partial charge in [0.15, 0.2) is 0 Å². The lowest BCUT2D eigenvalue weighted by atomic mass is 10.0. The Labute approximate surface area is 129 Å². The first-order valence-corrected chi connectivity index (χ1v) is 7.42. The highest BCUT2D eigenvalue weighted by atomic mass is 19.1. The number of hydrogen-bond acceptors (Lipinski definition) is 2. The Morgan fingerprint density at radius 3 is 2.68 bits per heavy atom. The highest BCUT2D eigenvalue weighted by Gasteiger charge is 2.17. The van der Waals surface area contributed by atoms with E-state index in [-0.39, 0.29) is 11.6 Å². The number of phenolic OH excluding ortho intramolecular Hbond substituents is 1. The fourth-order valence-electron chi connectivity index (χ4n) is 2.78. The fourth-order valence-corrected chi connectivity index (χ4v) is 2.78. The zero-order valence-corrected chi connectivity index (χ0v) is 13.0. The van der Waals surface area contributed by atoms with Crippen LogP contribution in [0.25, 0.3) is 22.2 Å². The normalized spacial score (nSPS) is 11.5. The zero-order valence-electron chi connectivity index (χ0n) is 13.0. The van der Waals surface area contributed by atoms with E-state index < -0.39 is 0 Å². The second-order valence-corrected chi connectivity index (χ2v) is 6.06. The van der Waals surface area contributed by atoms with Crippen LogP contribution < -0.4 is 0 Å². The molecule has 1 heterocycles. The Kier molecular flexibility index (Phi) is 3.61. The highest BCUT2D eigenvalue weighted by Crippen LogP contribution is 2.33. The third-order valence-electron chi connectivity index (χ3n) is 3.72. The SMILES string of the molecule is Cc1cc(O)ccc1-c1nn(CC(C)C)c2c(F)cccc12. The first-order chi connectivity index (χ1) is 10.5. The van der Waals surface area contributed by atoms with Crippen molar-refractivity contribution < 1.29 is 9.50 Å². The van der Waals surface area contributed by atoms with E-state index in [1.165, 1.54) is 6.07 Å². The Bertz CT molecular complexity index is 836. The number of aryl methyl sites for hydroxylation is 1. The average Bonchev–Trinajstić information content (AvgIpc) is 2.78. The molecule has 3 aromatic rings. The number of para-hydroxylation sites is 1. The average molecular weight is 298 g/mol. The molecule has 3 nitrogen and oxygen atoms in total. The van der Waals surface area contributed by atoms with Crippen molar-refractivity contribution in [2.75, 3.05) is 0 Å². The third-order valence-corrected chi connectivity index (χ3v) is 3.72. The third kappa shape index (κ3) is 2.45. The number of halogens is 1. The number of aromatic nitrogens is 2. The summed E-state index contributed by atoms with van der Waals surface area (Å²) in [7, 11) is 0. The van der Waals surface area contributed by atoms with Gasteiger partial charge in [0, 0.05) is 17.5 Å². The molecule has 0 radical (unpaired) electrons. The second kappa shape index (κ2) is 5.44. The van der Waals surface area contributed by atoms with E-state index in [0.717, 1.165) is 22.2 Å². The van der Waals surface area contributed by atoms with Crippen LogP contribution in [0.1, 0.15) is 19.4 Å². The van der Waals surface area contributed by atoms with Crippen LogP contribution in [0.2, 0.25) is 0 Å². The minimum absolute atomic E-state index is 0.221. The zero-order chi connectivity index (χ0) is 15.9. The van der Waals surface area contributed by atoms with Gasteiger partial charge >= 0.3 is 0 Å². The number of phenols is 1. The van der Waals surface area contributed by atoms with Gasteiger partial charge in [-0.25, -0.2) is 4.39 Å². The van der Waals surface area contributed by atoms with Crippen LogP contribution in [-0.2, 0) is 6.54 Å². The van der Waals surface area contributed by atoms with Crippen molar-refractivity contribution >= 4 is 10.9 Å². The number of nitrogens with zero attached hydrogens (tertiary/aromatic N) is 2. The Morgan fingerprint density at radius 2 is 2.00 bits per heavy atom. The van der Waals surface area contributed by atoms with Crippen LogP contribution in [0.5, 0.6) is 5.75 Å². The second-order valence-electron chi connectivity index (χ2n) is 6.06. The summed E-state index contributed by atoms with van der Waals surface area (Å²) >= 11 is 0. The number of benzene rings is 2. The van der Waals surface area contributed by atoms with Crippen LogP contribution in [0.4, 0.5) is 4.39 Å². The maximum absolute atomic E-state index is 14.3. The summed E-state index contributed by atoms with van der Waals surface area (Å²) in [5.41, 5.74) is 3.13. The molecule has 0 aliphatic heterocycles. The van der Waals surface area contributed by atoms with Crippen LogP contribution in [0, 0.1) is 18.7 Å². The van der Waals surface area contributed by atoms with E-state index >= 15 is 0 Å². The molecule has 0 aliphatic carbocycles. The van der Waals surface area contributed by atoms with Gasteiger partial charge in [0.05, 0.1) is 0 Å². The Hall–Kier alpha value is -2.36. The van der Waals surface area contributed by atoms with Gasteiger partial charge in [0.2, 0.25) is 0 Å². The molecule has 114 valence electrons.